The number of rotatable bonds is 6. The van der Waals surface area contributed by atoms with Crippen LogP contribution in [0, 0.1) is 6.92 Å². The number of hydrogen-bond acceptors (Lipinski definition) is 3. The Morgan fingerprint density at radius 2 is 1.50 bits per heavy atom. The Bertz CT molecular complexity index is 1140. The normalized spacial score (nSPS) is 13.1. The van der Waals surface area contributed by atoms with Crippen molar-refractivity contribution in [2.45, 2.75) is 35.0 Å². The zero-order valence-electron chi connectivity index (χ0n) is 15.2. The molecule has 11 heteroatoms. The fraction of sp³-hybridized carbons (Fsp3) is 0.211. The number of hydrogen-bond donors (Lipinski definition) is 0. The summed E-state index contributed by atoms with van der Waals surface area (Å²) < 4.78 is 109. The van der Waals surface area contributed by atoms with Gasteiger partial charge in [0, 0.05) is 0 Å². The van der Waals surface area contributed by atoms with Crippen molar-refractivity contribution in [2.75, 3.05) is 0 Å². The molecule has 0 spiro atoms. The second-order valence-electron chi connectivity index (χ2n) is 6.42. The number of nitrogens with zero attached hydrogens (tertiary/aromatic N) is 2. The van der Waals surface area contributed by atoms with Crippen molar-refractivity contribution in [3.63, 3.8) is 0 Å². The van der Waals surface area contributed by atoms with E-state index in [1.54, 1.807) is 6.92 Å². The van der Waals surface area contributed by atoms with Crippen LogP contribution in [0.3, 0.4) is 0 Å². The highest BCUT2D eigenvalue weighted by atomic mass is 32.2. The first-order valence-corrected chi connectivity index (χ1v) is 9.88. The maximum absolute atomic E-state index is 14.8. The van der Waals surface area contributed by atoms with Crippen molar-refractivity contribution >= 4 is 9.84 Å². The Kier molecular flexibility index (Phi) is 5.44. The minimum atomic E-state index is -5.85. The first-order valence-electron chi connectivity index (χ1n) is 8.40. The van der Waals surface area contributed by atoms with Gasteiger partial charge in [-0.05, 0) is 31.2 Å². The minimum Gasteiger partial charge on any atom is -0.230 e. The molecule has 0 atom stereocenters. The van der Waals surface area contributed by atoms with Crippen LogP contribution in [0.25, 0.3) is 5.69 Å². The molecule has 0 saturated heterocycles. The Morgan fingerprint density at radius 1 is 0.933 bits per heavy atom. The number of sulfone groups is 1. The molecule has 1 heterocycles. The molecule has 3 aromatic rings. The van der Waals surface area contributed by atoms with Crippen molar-refractivity contribution < 1.29 is 34.8 Å². The van der Waals surface area contributed by atoms with Crippen LogP contribution in [-0.2, 0) is 15.8 Å². The van der Waals surface area contributed by atoms with Gasteiger partial charge in [0.05, 0.1) is 16.8 Å². The molecule has 0 aliphatic carbocycles. The molecule has 0 aliphatic rings. The molecule has 30 heavy (non-hydrogen) atoms. The summed E-state index contributed by atoms with van der Waals surface area (Å²) in [5.74, 6) is -11.4. The molecule has 0 aliphatic heterocycles. The molecule has 160 valence electrons. The lowest BCUT2D eigenvalue weighted by molar-refractivity contribution is -0.273. The van der Waals surface area contributed by atoms with Crippen molar-refractivity contribution in [3.8, 4) is 5.69 Å². The predicted molar refractivity (Wildman–Crippen MR) is 95.0 cm³/mol. The number of aryl methyl sites for hydroxylation is 1. The van der Waals surface area contributed by atoms with Crippen LogP contribution in [0.4, 0.5) is 26.3 Å². The topological polar surface area (TPSA) is 52.0 Å². The molecule has 0 saturated carbocycles. The van der Waals surface area contributed by atoms with Gasteiger partial charge in [0.15, 0.2) is 0 Å². The van der Waals surface area contributed by atoms with E-state index in [4.69, 9.17) is 0 Å². The lowest BCUT2D eigenvalue weighted by atomic mass is 10.1. The molecule has 0 radical (unpaired) electrons. The summed E-state index contributed by atoms with van der Waals surface area (Å²) in [4.78, 5) is -1.77. The van der Waals surface area contributed by atoms with Crippen LogP contribution in [0.1, 0.15) is 11.3 Å². The van der Waals surface area contributed by atoms with E-state index in [9.17, 15) is 34.8 Å². The third-order valence-electron chi connectivity index (χ3n) is 4.35. The summed E-state index contributed by atoms with van der Waals surface area (Å²) in [6.07, 6.45) is -4.30. The van der Waals surface area contributed by atoms with Crippen molar-refractivity contribution in [2.24, 2.45) is 0 Å². The van der Waals surface area contributed by atoms with Crippen molar-refractivity contribution in [3.05, 3.63) is 72.1 Å². The molecule has 4 nitrogen and oxygen atoms in total. The quantitative estimate of drug-likeness (QED) is 0.499. The van der Waals surface area contributed by atoms with Gasteiger partial charge in [-0.2, -0.15) is 22.7 Å². The summed E-state index contributed by atoms with van der Waals surface area (Å²) in [7, 11) is -4.78. The van der Waals surface area contributed by atoms with Gasteiger partial charge in [-0.1, -0.05) is 35.9 Å². The Hall–Kier alpha value is -2.82. The van der Waals surface area contributed by atoms with Gasteiger partial charge in [0.2, 0.25) is 9.84 Å². The summed E-state index contributed by atoms with van der Waals surface area (Å²) in [6.45, 7) is 1.65. The van der Waals surface area contributed by atoms with E-state index in [2.05, 4.69) is 5.10 Å². The first kappa shape index (κ1) is 21.9. The SMILES string of the molecule is Cc1ccc(S(=O)(=O)c2cnn(-c3ccccc3)c2C(F)(F)C(F)(F)C(F)F)cc1. The second kappa shape index (κ2) is 7.46. The Labute approximate surface area is 167 Å². The van der Waals surface area contributed by atoms with Crippen molar-refractivity contribution in [1.82, 2.24) is 9.78 Å². The molecular weight excluding hydrogens is 434 g/mol. The van der Waals surface area contributed by atoms with Crippen LogP contribution in [0.2, 0.25) is 0 Å². The fourth-order valence-corrected chi connectivity index (χ4v) is 4.13. The highest BCUT2D eigenvalue weighted by Crippen LogP contribution is 2.49. The summed E-state index contributed by atoms with van der Waals surface area (Å²) in [5.41, 5.74) is -1.40. The first-order chi connectivity index (χ1) is 13.9. The van der Waals surface area contributed by atoms with Crippen LogP contribution in [0.5, 0.6) is 0 Å². The average molecular weight is 448 g/mol. The minimum absolute atomic E-state index is 0.206. The molecule has 0 amide bonds. The Morgan fingerprint density at radius 3 is 2.03 bits per heavy atom. The second-order valence-corrected chi connectivity index (χ2v) is 8.34. The van der Waals surface area contributed by atoms with Crippen molar-refractivity contribution in [1.29, 1.82) is 0 Å². The molecule has 2 aromatic carbocycles. The van der Waals surface area contributed by atoms with Gasteiger partial charge in [-0.15, -0.1) is 0 Å². The molecule has 0 N–H and O–H groups in total. The number of para-hydroxylation sites is 1. The average Bonchev–Trinajstić information content (AvgIpc) is 3.15. The van der Waals surface area contributed by atoms with E-state index < -0.39 is 43.6 Å². The highest BCUT2D eigenvalue weighted by molar-refractivity contribution is 7.91. The lowest BCUT2D eigenvalue weighted by Gasteiger charge is -2.27. The highest BCUT2D eigenvalue weighted by Gasteiger charge is 2.66. The van der Waals surface area contributed by atoms with E-state index in [-0.39, 0.29) is 10.4 Å². The summed E-state index contributed by atoms with van der Waals surface area (Å²) >= 11 is 0. The van der Waals surface area contributed by atoms with Gasteiger partial charge in [0.1, 0.15) is 10.6 Å². The largest absolute Gasteiger partial charge is 0.375 e. The fourth-order valence-electron chi connectivity index (χ4n) is 2.72. The van der Waals surface area contributed by atoms with Gasteiger partial charge in [0.25, 0.3) is 0 Å². The molecule has 0 fully saturated rings. The monoisotopic (exact) mass is 448 g/mol. The molecule has 3 rings (SSSR count). The maximum atomic E-state index is 14.8. The van der Waals surface area contributed by atoms with Gasteiger partial charge in [-0.25, -0.2) is 21.9 Å². The lowest BCUT2D eigenvalue weighted by Crippen LogP contribution is -2.46. The van der Waals surface area contributed by atoms with Crippen LogP contribution < -0.4 is 0 Å². The van der Waals surface area contributed by atoms with E-state index in [0.29, 0.717) is 11.8 Å². The predicted octanol–water partition coefficient (Wildman–Crippen LogP) is 5.01. The van der Waals surface area contributed by atoms with Gasteiger partial charge in [-0.3, -0.25) is 0 Å². The third-order valence-corrected chi connectivity index (χ3v) is 6.12. The van der Waals surface area contributed by atoms with E-state index in [1.165, 1.54) is 42.5 Å². The summed E-state index contributed by atoms with van der Waals surface area (Å²) in [5, 5.41) is 3.51. The molecule has 1 aromatic heterocycles. The van der Waals surface area contributed by atoms with Gasteiger partial charge >= 0.3 is 18.3 Å². The van der Waals surface area contributed by atoms with E-state index in [0.717, 1.165) is 12.1 Å². The van der Waals surface area contributed by atoms with Gasteiger partial charge < -0.3 is 0 Å². The maximum Gasteiger partial charge on any atom is 0.375 e. The molecule has 0 bridgehead atoms. The number of benzene rings is 2. The van der Waals surface area contributed by atoms with Crippen LogP contribution >= 0.6 is 0 Å². The van der Waals surface area contributed by atoms with E-state index >= 15 is 0 Å². The number of aromatic nitrogens is 2. The van der Waals surface area contributed by atoms with E-state index in [1.807, 2.05) is 0 Å². The zero-order chi connectivity index (χ0) is 22.3. The Balaban J connectivity index is 2.33. The molecule has 0 unspecified atom stereocenters. The molecular formula is C19H14F6N2O2S. The third kappa shape index (κ3) is 3.47. The standard InChI is InChI=1S/C19H14F6N2O2S/c1-12-7-9-14(10-8-12)30(28,29)15-11-26-27(13-5-3-2-4-6-13)16(15)18(22,23)19(24,25)17(20)21/h2-11,17H,1H3. The number of halogens is 6. The van der Waals surface area contributed by atoms with Crippen LogP contribution in [-0.4, -0.2) is 30.5 Å². The van der Waals surface area contributed by atoms with Crippen LogP contribution in [0.15, 0.2) is 70.6 Å². The number of alkyl halides is 6. The summed E-state index contributed by atoms with van der Waals surface area (Å²) in [6, 6.07) is 11.5. The smallest absolute Gasteiger partial charge is 0.230 e. The zero-order valence-corrected chi connectivity index (χ0v) is 16.1.